The molecule has 0 atom stereocenters. The molecule has 0 rings (SSSR count). The van der Waals surface area contributed by atoms with Gasteiger partial charge in [0.05, 0.1) is 19.8 Å². The van der Waals surface area contributed by atoms with Gasteiger partial charge < -0.3 is 9.79 Å². The lowest BCUT2D eigenvalue weighted by Gasteiger charge is -2.14. The van der Waals surface area contributed by atoms with Gasteiger partial charge in [0, 0.05) is 0 Å². The van der Waals surface area contributed by atoms with E-state index in [1.807, 2.05) is 0 Å². The summed E-state index contributed by atoms with van der Waals surface area (Å²) >= 11 is 0. The third-order valence-corrected chi connectivity index (χ3v) is 2.58. The van der Waals surface area contributed by atoms with Crippen LogP contribution >= 0.6 is 16.1 Å². The highest BCUT2D eigenvalue weighted by molar-refractivity contribution is 7.48. The fraction of sp³-hybridized carbons (Fsp3) is 1.00. The van der Waals surface area contributed by atoms with E-state index in [1.54, 1.807) is 20.8 Å². The van der Waals surface area contributed by atoms with Gasteiger partial charge in [-0.25, -0.2) is 4.57 Å². The SMILES string of the molecule is CCOP(=O)(OCC)OCC.O=[PH](O)O. The Labute approximate surface area is 89.9 Å². The maximum atomic E-state index is 11.3. The minimum atomic E-state index is -3.22. The van der Waals surface area contributed by atoms with Crippen molar-refractivity contribution in [2.45, 2.75) is 20.8 Å². The highest BCUT2D eigenvalue weighted by Gasteiger charge is 2.23. The van der Waals surface area contributed by atoms with Crippen LogP contribution in [0.25, 0.3) is 0 Å². The summed E-state index contributed by atoms with van der Waals surface area (Å²) in [6.07, 6.45) is 0. The van der Waals surface area contributed by atoms with Gasteiger partial charge >= 0.3 is 16.1 Å². The molecule has 0 amide bonds. The summed E-state index contributed by atoms with van der Waals surface area (Å²) in [5, 5.41) is 0. The third kappa shape index (κ3) is 14.3. The number of phosphoric acid groups is 1. The lowest BCUT2D eigenvalue weighted by molar-refractivity contribution is 0.126. The van der Waals surface area contributed by atoms with E-state index in [4.69, 9.17) is 27.9 Å². The molecule has 0 bridgehead atoms. The Morgan fingerprint density at radius 2 is 1.20 bits per heavy atom. The van der Waals surface area contributed by atoms with E-state index in [0.717, 1.165) is 0 Å². The molecule has 0 heterocycles. The van der Waals surface area contributed by atoms with Crippen LogP contribution < -0.4 is 0 Å². The summed E-state index contributed by atoms with van der Waals surface area (Å²) in [5.41, 5.74) is 0. The molecule has 7 nitrogen and oxygen atoms in total. The van der Waals surface area contributed by atoms with Crippen molar-refractivity contribution in [2.24, 2.45) is 0 Å². The zero-order valence-electron chi connectivity index (χ0n) is 9.00. The third-order valence-electron chi connectivity index (χ3n) is 0.862. The molecule has 0 aromatic rings. The fourth-order valence-electron chi connectivity index (χ4n) is 0.586. The minimum Gasteiger partial charge on any atom is -0.326 e. The van der Waals surface area contributed by atoms with Crippen LogP contribution in [0.2, 0.25) is 0 Å². The first kappa shape index (κ1) is 17.6. The van der Waals surface area contributed by atoms with E-state index in [1.165, 1.54) is 0 Å². The lowest BCUT2D eigenvalue weighted by atomic mass is 10.9. The molecule has 0 fully saturated rings. The molecule has 0 aromatic carbocycles. The Bertz CT molecular complexity index is 180. The lowest BCUT2D eigenvalue weighted by Crippen LogP contribution is -1.99. The van der Waals surface area contributed by atoms with Gasteiger partial charge in [0.1, 0.15) is 0 Å². The van der Waals surface area contributed by atoms with Crippen LogP contribution in [0, 0.1) is 0 Å². The van der Waals surface area contributed by atoms with Crippen molar-refractivity contribution in [2.75, 3.05) is 19.8 Å². The van der Waals surface area contributed by atoms with Gasteiger partial charge in [-0.05, 0) is 20.8 Å². The molecule has 0 aliphatic heterocycles. The monoisotopic (exact) mass is 264 g/mol. The van der Waals surface area contributed by atoms with Crippen LogP contribution in [0.5, 0.6) is 0 Å². The van der Waals surface area contributed by atoms with Gasteiger partial charge in [0.2, 0.25) is 0 Å². The molecule has 0 radical (unpaired) electrons. The van der Waals surface area contributed by atoms with Gasteiger partial charge in [-0.15, -0.1) is 0 Å². The molecule has 94 valence electrons. The van der Waals surface area contributed by atoms with E-state index in [0.29, 0.717) is 19.8 Å². The molecule has 2 N–H and O–H groups in total. The zero-order valence-corrected chi connectivity index (χ0v) is 10.9. The van der Waals surface area contributed by atoms with Crippen LogP contribution in [0.1, 0.15) is 20.8 Å². The number of rotatable bonds is 6. The zero-order chi connectivity index (χ0) is 12.3. The van der Waals surface area contributed by atoms with E-state index in [-0.39, 0.29) is 0 Å². The molecule has 0 aliphatic rings. The topological polar surface area (TPSA) is 102 Å². The summed E-state index contributed by atoms with van der Waals surface area (Å²) < 4.78 is 34.6. The second kappa shape index (κ2) is 10.8. The van der Waals surface area contributed by atoms with Crippen molar-refractivity contribution in [3.8, 4) is 0 Å². The Balaban J connectivity index is 0. The van der Waals surface area contributed by atoms with E-state index in [2.05, 4.69) is 0 Å². The van der Waals surface area contributed by atoms with E-state index in [9.17, 15) is 4.57 Å². The Hall–Kier alpha value is 0.260. The summed E-state index contributed by atoms with van der Waals surface area (Å²) in [6.45, 7) is 6.21. The van der Waals surface area contributed by atoms with Crippen LogP contribution in [-0.2, 0) is 22.7 Å². The van der Waals surface area contributed by atoms with Crippen molar-refractivity contribution in [3.05, 3.63) is 0 Å². The highest BCUT2D eigenvalue weighted by atomic mass is 31.2. The normalized spacial score (nSPS) is 11.1. The Kier molecular flexibility index (Phi) is 12.7. The first-order valence-electron chi connectivity index (χ1n) is 4.37. The molecule has 0 unspecified atom stereocenters. The Morgan fingerprint density at radius 3 is 1.33 bits per heavy atom. The van der Waals surface area contributed by atoms with Crippen molar-refractivity contribution in [3.63, 3.8) is 0 Å². The molecule has 0 aromatic heterocycles. The molecule has 0 spiro atoms. The summed E-state index contributed by atoms with van der Waals surface area (Å²) in [7, 11) is -6.35. The minimum absolute atomic E-state index is 0.331. The highest BCUT2D eigenvalue weighted by Crippen LogP contribution is 2.48. The second-order valence-corrected chi connectivity index (χ2v) is 4.22. The first-order valence-corrected chi connectivity index (χ1v) is 7.13. The standard InChI is InChI=1S/C6H15O4P.H3O3P/c1-4-8-11(7,9-5-2)10-6-3;1-4(2)3/h4-6H2,1-3H3;4H,(H2,1,2,3). The van der Waals surface area contributed by atoms with Crippen LogP contribution in [0.15, 0.2) is 0 Å². The van der Waals surface area contributed by atoms with E-state index >= 15 is 0 Å². The second-order valence-electron chi connectivity index (χ2n) is 1.98. The van der Waals surface area contributed by atoms with Crippen LogP contribution in [0.4, 0.5) is 0 Å². The van der Waals surface area contributed by atoms with Crippen molar-refractivity contribution < 1.29 is 32.5 Å². The average molecular weight is 264 g/mol. The quantitative estimate of drug-likeness (QED) is 0.702. The predicted octanol–water partition coefficient (Wildman–Crippen LogP) is 1.56. The van der Waals surface area contributed by atoms with Gasteiger partial charge in [0.15, 0.2) is 0 Å². The molecular weight excluding hydrogens is 246 g/mol. The molecule has 0 saturated carbocycles. The molecular formula is C6H18O7P2. The smallest absolute Gasteiger partial charge is 0.326 e. The number of phosphoric ester groups is 1. The molecule has 9 heteroatoms. The fourth-order valence-corrected chi connectivity index (χ4v) is 1.76. The maximum Gasteiger partial charge on any atom is 0.474 e. The number of hydrogen-bond acceptors (Lipinski definition) is 5. The number of hydrogen-bond donors (Lipinski definition) is 2. The summed E-state index contributed by atoms with van der Waals surface area (Å²) in [6, 6.07) is 0. The summed E-state index contributed by atoms with van der Waals surface area (Å²) in [4.78, 5) is 14.3. The molecule has 0 aliphatic carbocycles. The largest absolute Gasteiger partial charge is 0.474 e. The van der Waals surface area contributed by atoms with Crippen LogP contribution in [-0.4, -0.2) is 29.6 Å². The van der Waals surface area contributed by atoms with Gasteiger partial charge in [-0.3, -0.25) is 18.1 Å². The molecule has 15 heavy (non-hydrogen) atoms. The molecule has 0 saturated heterocycles. The first-order chi connectivity index (χ1) is 6.91. The van der Waals surface area contributed by atoms with Gasteiger partial charge in [0.25, 0.3) is 0 Å². The predicted molar refractivity (Wildman–Crippen MR) is 55.9 cm³/mol. The van der Waals surface area contributed by atoms with E-state index < -0.39 is 16.1 Å². The van der Waals surface area contributed by atoms with Crippen molar-refractivity contribution in [1.82, 2.24) is 0 Å². The Morgan fingerprint density at radius 1 is 1.00 bits per heavy atom. The van der Waals surface area contributed by atoms with Gasteiger partial charge in [-0.2, -0.15) is 0 Å². The average Bonchev–Trinajstić information content (AvgIpc) is 2.03. The van der Waals surface area contributed by atoms with Gasteiger partial charge in [-0.1, -0.05) is 0 Å². The van der Waals surface area contributed by atoms with Crippen LogP contribution in [0.3, 0.4) is 0 Å². The van der Waals surface area contributed by atoms with Crippen molar-refractivity contribution in [1.29, 1.82) is 0 Å². The van der Waals surface area contributed by atoms with Crippen molar-refractivity contribution >= 4 is 16.1 Å². The maximum absolute atomic E-state index is 11.3. The summed E-state index contributed by atoms with van der Waals surface area (Å²) in [5.74, 6) is 0.